The van der Waals surface area contributed by atoms with E-state index < -0.39 is 0 Å². The van der Waals surface area contributed by atoms with Crippen molar-refractivity contribution in [3.63, 3.8) is 0 Å². The van der Waals surface area contributed by atoms with E-state index in [2.05, 4.69) is 32.6 Å². The van der Waals surface area contributed by atoms with E-state index in [0.717, 1.165) is 11.8 Å². The highest BCUT2D eigenvalue weighted by atomic mass is 14.2. The Labute approximate surface area is 90.1 Å². The molecule has 0 N–H and O–H groups in total. The Morgan fingerprint density at radius 3 is 2.50 bits per heavy atom. The first-order chi connectivity index (χ1) is 6.76. The van der Waals surface area contributed by atoms with Crippen LogP contribution in [-0.2, 0) is 0 Å². The van der Waals surface area contributed by atoms with E-state index in [4.69, 9.17) is 0 Å². The third kappa shape index (κ3) is 6.05. The summed E-state index contributed by atoms with van der Waals surface area (Å²) in [6, 6.07) is 0. The second-order valence-electron chi connectivity index (χ2n) is 4.18. The van der Waals surface area contributed by atoms with E-state index in [1.807, 2.05) is 13.0 Å². The van der Waals surface area contributed by atoms with Crippen molar-refractivity contribution in [1.82, 2.24) is 0 Å². The monoisotopic (exact) mass is 194 g/mol. The van der Waals surface area contributed by atoms with Crippen molar-refractivity contribution in [2.24, 2.45) is 11.8 Å². The largest absolute Gasteiger partial charge is 0.130 e. The lowest BCUT2D eigenvalue weighted by atomic mass is 9.85. The van der Waals surface area contributed by atoms with Gasteiger partial charge in [-0.15, -0.1) is 5.73 Å². The molecule has 0 radical (unpaired) electrons. The maximum atomic E-state index is 3.18. The van der Waals surface area contributed by atoms with Gasteiger partial charge in [-0.1, -0.05) is 40.0 Å². The number of allylic oxidation sites excluding steroid dienone is 1. The normalized spacial score (nSPS) is 14.3. The molecule has 0 rings (SSSR count). The molecule has 0 fully saturated rings. The first kappa shape index (κ1) is 13.5. The average Bonchev–Trinajstić information content (AvgIpc) is 2.22. The molecule has 0 heterocycles. The fourth-order valence-electron chi connectivity index (χ4n) is 1.77. The Morgan fingerprint density at radius 1 is 1.29 bits per heavy atom. The molecule has 0 aliphatic heterocycles. The van der Waals surface area contributed by atoms with Gasteiger partial charge < -0.3 is 0 Å². The molecule has 0 heteroatoms. The maximum absolute atomic E-state index is 3.18. The molecule has 0 saturated heterocycles. The van der Waals surface area contributed by atoms with Gasteiger partial charge in [-0.2, -0.15) is 0 Å². The van der Waals surface area contributed by atoms with Crippen molar-refractivity contribution in [1.29, 1.82) is 0 Å². The predicted octanol–water partition coefficient (Wildman–Crippen LogP) is 4.96. The zero-order valence-corrected chi connectivity index (χ0v) is 10.3. The van der Waals surface area contributed by atoms with Crippen LogP contribution in [0.1, 0.15) is 59.8 Å². The quantitative estimate of drug-likeness (QED) is 0.502. The Balaban J connectivity index is 4.02. The molecule has 0 saturated carbocycles. The topological polar surface area (TPSA) is 0 Å². The van der Waals surface area contributed by atoms with Crippen molar-refractivity contribution in [2.75, 3.05) is 0 Å². The van der Waals surface area contributed by atoms with Crippen molar-refractivity contribution < 1.29 is 0 Å². The molecular weight excluding hydrogens is 168 g/mol. The summed E-state index contributed by atoms with van der Waals surface area (Å²) in [5, 5.41) is 0. The predicted molar refractivity (Wildman–Crippen MR) is 65.4 cm³/mol. The molecular formula is C14H26. The molecule has 0 aliphatic carbocycles. The van der Waals surface area contributed by atoms with Gasteiger partial charge in [-0.05, 0) is 43.8 Å². The van der Waals surface area contributed by atoms with Gasteiger partial charge in [0.05, 0.1) is 0 Å². The minimum atomic E-state index is 0.858. The molecule has 0 amide bonds. The van der Waals surface area contributed by atoms with Crippen LogP contribution < -0.4 is 0 Å². The van der Waals surface area contributed by atoms with E-state index in [1.165, 1.54) is 32.1 Å². The Bertz CT molecular complexity index is 172. The van der Waals surface area contributed by atoms with Gasteiger partial charge >= 0.3 is 0 Å². The summed E-state index contributed by atoms with van der Waals surface area (Å²) in [5.41, 5.74) is 3.18. The van der Waals surface area contributed by atoms with Gasteiger partial charge in [-0.3, -0.25) is 0 Å². The van der Waals surface area contributed by atoms with Crippen LogP contribution in [-0.4, -0.2) is 0 Å². The molecule has 0 nitrogen and oxygen atoms in total. The summed E-state index contributed by atoms with van der Waals surface area (Å²) >= 11 is 0. The summed E-state index contributed by atoms with van der Waals surface area (Å²) < 4.78 is 0. The number of hydrogen-bond donors (Lipinski definition) is 0. The molecule has 0 aromatic rings. The third-order valence-corrected chi connectivity index (χ3v) is 3.08. The van der Waals surface area contributed by atoms with Gasteiger partial charge in [0.2, 0.25) is 0 Å². The van der Waals surface area contributed by atoms with Crippen molar-refractivity contribution in [3.05, 3.63) is 17.9 Å². The van der Waals surface area contributed by atoms with Gasteiger partial charge in [0.25, 0.3) is 0 Å². The van der Waals surface area contributed by atoms with Gasteiger partial charge in [0, 0.05) is 0 Å². The molecule has 82 valence electrons. The Kier molecular flexibility index (Phi) is 8.78. The number of hydrogen-bond acceptors (Lipinski definition) is 0. The van der Waals surface area contributed by atoms with Crippen LogP contribution in [0.25, 0.3) is 0 Å². The second-order valence-corrected chi connectivity index (χ2v) is 4.18. The Hall–Kier alpha value is -0.480. The van der Waals surface area contributed by atoms with Crippen LogP contribution in [0, 0.1) is 11.8 Å². The first-order valence-corrected chi connectivity index (χ1v) is 6.11. The van der Waals surface area contributed by atoms with Crippen molar-refractivity contribution in [2.45, 2.75) is 59.8 Å². The summed E-state index contributed by atoms with van der Waals surface area (Å²) in [6.07, 6.45) is 10.8. The summed E-state index contributed by atoms with van der Waals surface area (Å²) in [5.74, 6) is 1.73. The van der Waals surface area contributed by atoms with Gasteiger partial charge in [-0.25, -0.2) is 0 Å². The van der Waals surface area contributed by atoms with E-state index in [1.54, 1.807) is 0 Å². The lowest BCUT2D eigenvalue weighted by Crippen LogP contribution is -2.10. The smallest absolute Gasteiger partial charge is 0.0243 e. The van der Waals surface area contributed by atoms with E-state index >= 15 is 0 Å². The van der Waals surface area contributed by atoms with E-state index in [0.29, 0.717) is 0 Å². The molecule has 0 bridgehead atoms. The highest BCUT2D eigenvalue weighted by Crippen LogP contribution is 2.24. The summed E-state index contributed by atoms with van der Waals surface area (Å²) in [4.78, 5) is 0. The third-order valence-electron chi connectivity index (χ3n) is 3.08. The first-order valence-electron chi connectivity index (χ1n) is 6.11. The second kappa shape index (κ2) is 9.09. The lowest BCUT2D eigenvalue weighted by molar-refractivity contribution is 0.322. The zero-order chi connectivity index (χ0) is 10.8. The standard InChI is InChI=1S/C14H26/c1-5-8-10-12-14(11-9-6-2)13(4)7-3/h5,10,13-14H,6-7,9,11-12H2,1-4H3. The van der Waals surface area contributed by atoms with Crippen LogP contribution in [0.4, 0.5) is 0 Å². The molecule has 14 heavy (non-hydrogen) atoms. The van der Waals surface area contributed by atoms with Crippen LogP contribution in [0.5, 0.6) is 0 Å². The van der Waals surface area contributed by atoms with Gasteiger partial charge in [0.15, 0.2) is 0 Å². The fraction of sp³-hybridized carbons (Fsp3) is 0.786. The molecule has 2 unspecified atom stereocenters. The molecule has 2 atom stereocenters. The van der Waals surface area contributed by atoms with Crippen LogP contribution in [0.2, 0.25) is 0 Å². The SMILES string of the molecule is CC=C=CCC(CCCC)C(C)CC. The lowest BCUT2D eigenvalue weighted by Gasteiger charge is -2.20. The van der Waals surface area contributed by atoms with Gasteiger partial charge in [0.1, 0.15) is 0 Å². The molecule has 0 aromatic carbocycles. The fourth-order valence-corrected chi connectivity index (χ4v) is 1.77. The highest BCUT2D eigenvalue weighted by molar-refractivity contribution is 4.85. The number of unbranched alkanes of at least 4 members (excludes halogenated alkanes) is 1. The van der Waals surface area contributed by atoms with Crippen molar-refractivity contribution in [3.8, 4) is 0 Å². The summed E-state index contributed by atoms with van der Waals surface area (Å²) in [7, 11) is 0. The van der Waals surface area contributed by atoms with Crippen LogP contribution >= 0.6 is 0 Å². The zero-order valence-electron chi connectivity index (χ0n) is 10.3. The summed E-state index contributed by atoms with van der Waals surface area (Å²) in [6.45, 7) is 8.98. The van der Waals surface area contributed by atoms with E-state index in [9.17, 15) is 0 Å². The van der Waals surface area contributed by atoms with Crippen LogP contribution in [0.15, 0.2) is 17.9 Å². The number of rotatable bonds is 7. The maximum Gasteiger partial charge on any atom is -0.0243 e. The minimum absolute atomic E-state index is 0.858. The minimum Gasteiger partial charge on any atom is -0.130 e. The molecule has 0 aromatic heterocycles. The Morgan fingerprint density at radius 2 is 2.00 bits per heavy atom. The molecule has 0 spiro atoms. The average molecular weight is 194 g/mol. The van der Waals surface area contributed by atoms with E-state index in [-0.39, 0.29) is 0 Å². The molecule has 0 aliphatic rings. The van der Waals surface area contributed by atoms with Crippen LogP contribution in [0.3, 0.4) is 0 Å². The van der Waals surface area contributed by atoms with Crippen molar-refractivity contribution >= 4 is 0 Å². The highest BCUT2D eigenvalue weighted by Gasteiger charge is 2.13.